The van der Waals surface area contributed by atoms with Crippen molar-refractivity contribution in [3.05, 3.63) is 83.7 Å². The first-order chi connectivity index (χ1) is 20.2. The third-order valence-corrected chi connectivity index (χ3v) is 6.51. The zero-order chi connectivity index (χ0) is 30.2. The second-order valence-electron chi connectivity index (χ2n) is 9.40. The maximum absolute atomic E-state index is 13.0. The zero-order valence-corrected chi connectivity index (χ0v) is 23.4. The van der Waals surface area contributed by atoms with Crippen LogP contribution >= 0.6 is 0 Å². The first-order valence-corrected chi connectivity index (χ1v) is 13.4. The van der Waals surface area contributed by atoms with Crippen LogP contribution in [0.3, 0.4) is 0 Å². The summed E-state index contributed by atoms with van der Waals surface area (Å²) in [7, 11) is 0. The lowest BCUT2D eigenvalue weighted by Crippen LogP contribution is -2.30. The van der Waals surface area contributed by atoms with Crippen LogP contribution in [0.15, 0.2) is 67.0 Å². The van der Waals surface area contributed by atoms with Gasteiger partial charge in [0.15, 0.2) is 5.92 Å². The summed E-state index contributed by atoms with van der Waals surface area (Å²) in [6.45, 7) is 5.18. The highest BCUT2D eigenvalue weighted by Crippen LogP contribution is 2.34. The number of hydrogen-bond donors (Lipinski definition) is 2. The lowest BCUT2D eigenvalue weighted by atomic mass is 9.96. The Bertz CT molecular complexity index is 1630. The van der Waals surface area contributed by atoms with Crippen molar-refractivity contribution in [3.63, 3.8) is 0 Å². The van der Waals surface area contributed by atoms with Gasteiger partial charge in [0, 0.05) is 11.9 Å². The summed E-state index contributed by atoms with van der Waals surface area (Å²) in [6, 6.07) is 18.3. The molecule has 4 aromatic rings. The highest BCUT2D eigenvalue weighted by atomic mass is 16.5. The Kier molecular flexibility index (Phi) is 9.39. The Labute approximate surface area is 242 Å². The summed E-state index contributed by atoms with van der Waals surface area (Å²) >= 11 is 0. The Morgan fingerprint density at radius 3 is 2.38 bits per heavy atom. The lowest BCUT2D eigenvalue weighted by Gasteiger charge is -2.17. The topological polar surface area (TPSA) is 152 Å². The van der Waals surface area contributed by atoms with Gasteiger partial charge in [-0.05, 0) is 68.7 Å². The molecule has 2 heterocycles. The van der Waals surface area contributed by atoms with Crippen LogP contribution in [0.2, 0.25) is 0 Å². The first-order valence-electron chi connectivity index (χ1n) is 13.4. The Balaban J connectivity index is 1.78. The van der Waals surface area contributed by atoms with E-state index in [-0.39, 0.29) is 34.5 Å². The van der Waals surface area contributed by atoms with Crippen molar-refractivity contribution in [1.29, 1.82) is 5.26 Å². The quantitative estimate of drug-likeness (QED) is 0.165. The molecule has 2 atom stereocenters. The monoisotopic (exact) mass is 570 g/mol. The standard InChI is InChI=1S/C31H30N4O7/c1-4-19(3)41-31(39)25(29(36)37)15-24-26(30(38)40-5-2)18-35-28(24)27(20(16-32)17-33-35)34-21-11-13-23(14-12-21)42-22-9-7-6-8-10-22/h6-14,17-19,25,34H,4-5,15H2,1-3H3,(H,36,37). The molecule has 42 heavy (non-hydrogen) atoms. The third-order valence-electron chi connectivity index (χ3n) is 6.51. The number of hydrogen-bond acceptors (Lipinski definition) is 9. The summed E-state index contributed by atoms with van der Waals surface area (Å²) in [5.74, 6) is -3.42. The molecular weight excluding hydrogens is 540 g/mol. The van der Waals surface area contributed by atoms with Crippen LogP contribution in [0, 0.1) is 17.2 Å². The molecule has 2 N–H and O–H groups in total. The van der Waals surface area contributed by atoms with E-state index < -0.39 is 36.4 Å². The number of aliphatic carboxylic acids is 1. The van der Waals surface area contributed by atoms with Gasteiger partial charge in [-0.3, -0.25) is 9.59 Å². The van der Waals surface area contributed by atoms with Crippen molar-refractivity contribution in [3.8, 4) is 17.6 Å². The van der Waals surface area contributed by atoms with Crippen LogP contribution in [0.1, 0.15) is 48.7 Å². The van der Waals surface area contributed by atoms with E-state index in [2.05, 4.69) is 16.5 Å². The number of benzene rings is 2. The minimum atomic E-state index is -1.62. The molecule has 0 saturated heterocycles. The van der Waals surface area contributed by atoms with Gasteiger partial charge in [0.1, 0.15) is 17.6 Å². The second-order valence-corrected chi connectivity index (χ2v) is 9.40. The van der Waals surface area contributed by atoms with Crippen molar-refractivity contribution in [1.82, 2.24) is 9.61 Å². The summed E-state index contributed by atoms with van der Waals surface area (Å²) in [6.07, 6.45) is 2.33. The Morgan fingerprint density at radius 2 is 1.76 bits per heavy atom. The number of para-hydroxylation sites is 1. The Morgan fingerprint density at radius 1 is 1.07 bits per heavy atom. The molecule has 216 valence electrons. The minimum absolute atomic E-state index is 0.0247. The van der Waals surface area contributed by atoms with Gasteiger partial charge in [0.2, 0.25) is 0 Å². The number of nitriles is 1. The van der Waals surface area contributed by atoms with Crippen molar-refractivity contribution < 1.29 is 33.7 Å². The maximum Gasteiger partial charge on any atom is 0.340 e. The summed E-state index contributed by atoms with van der Waals surface area (Å²) < 4.78 is 17.7. The van der Waals surface area contributed by atoms with Crippen molar-refractivity contribution in [2.75, 3.05) is 11.9 Å². The molecular formula is C31H30N4O7. The molecule has 0 aliphatic rings. The van der Waals surface area contributed by atoms with E-state index in [1.54, 1.807) is 45.0 Å². The second kappa shape index (κ2) is 13.3. The molecule has 0 fully saturated rings. The molecule has 11 heteroatoms. The van der Waals surface area contributed by atoms with Crippen LogP contribution in [0.4, 0.5) is 11.4 Å². The molecule has 0 spiro atoms. The van der Waals surface area contributed by atoms with Gasteiger partial charge in [-0.15, -0.1) is 0 Å². The van der Waals surface area contributed by atoms with Crippen LogP contribution in [0.5, 0.6) is 11.5 Å². The predicted octanol–water partition coefficient (Wildman–Crippen LogP) is 5.50. The number of carboxylic acid groups (broad SMARTS) is 1. The maximum atomic E-state index is 13.0. The van der Waals surface area contributed by atoms with Gasteiger partial charge in [-0.1, -0.05) is 25.1 Å². The molecule has 0 bridgehead atoms. The van der Waals surface area contributed by atoms with Gasteiger partial charge in [-0.2, -0.15) is 10.4 Å². The van der Waals surface area contributed by atoms with Crippen LogP contribution in [0.25, 0.3) is 5.52 Å². The average Bonchev–Trinajstić information content (AvgIpc) is 3.36. The summed E-state index contributed by atoms with van der Waals surface area (Å²) in [5.41, 5.74) is 1.44. The van der Waals surface area contributed by atoms with E-state index in [0.29, 0.717) is 23.6 Å². The van der Waals surface area contributed by atoms with Crippen LogP contribution in [-0.4, -0.2) is 45.3 Å². The number of nitrogens with zero attached hydrogens (tertiary/aromatic N) is 3. The average molecular weight is 571 g/mol. The molecule has 0 saturated carbocycles. The first kappa shape index (κ1) is 29.6. The smallest absolute Gasteiger partial charge is 0.340 e. The van der Waals surface area contributed by atoms with E-state index >= 15 is 0 Å². The molecule has 2 aromatic heterocycles. The highest BCUT2D eigenvalue weighted by molar-refractivity contribution is 5.99. The number of carbonyl (C=O) groups is 3. The van der Waals surface area contributed by atoms with E-state index in [1.165, 1.54) is 16.9 Å². The van der Waals surface area contributed by atoms with E-state index in [9.17, 15) is 24.8 Å². The fourth-order valence-electron chi connectivity index (χ4n) is 4.22. The number of fused-ring (bicyclic) bond motifs is 1. The van der Waals surface area contributed by atoms with Gasteiger partial charge in [0.25, 0.3) is 0 Å². The SMILES string of the molecule is CCOC(=O)c1cn2ncc(C#N)c(Nc3ccc(Oc4ccccc4)cc3)c2c1CC(C(=O)O)C(=O)OC(C)CC. The fraction of sp³-hybridized carbons (Fsp3) is 0.258. The lowest BCUT2D eigenvalue weighted by molar-refractivity contribution is -0.161. The number of esters is 2. The predicted molar refractivity (Wildman–Crippen MR) is 153 cm³/mol. The molecule has 2 aromatic carbocycles. The molecule has 11 nitrogen and oxygen atoms in total. The van der Waals surface area contributed by atoms with Gasteiger partial charge < -0.3 is 24.6 Å². The van der Waals surface area contributed by atoms with Gasteiger partial charge in [-0.25, -0.2) is 9.31 Å². The molecule has 4 rings (SSSR count). The minimum Gasteiger partial charge on any atom is -0.481 e. The van der Waals surface area contributed by atoms with Crippen molar-refractivity contribution in [2.24, 2.45) is 5.92 Å². The summed E-state index contributed by atoms with van der Waals surface area (Å²) in [4.78, 5) is 38.1. The number of nitrogens with one attached hydrogen (secondary N) is 1. The van der Waals surface area contributed by atoms with E-state index in [4.69, 9.17) is 14.2 Å². The number of carbonyl (C=O) groups excluding carboxylic acids is 2. The number of aromatic nitrogens is 2. The number of anilines is 2. The number of rotatable bonds is 12. The molecule has 0 radical (unpaired) electrons. The van der Waals surface area contributed by atoms with E-state index in [0.717, 1.165) is 0 Å². The largest absolute Gasteiger partial charge is 0.481 e. The molecule has 0 amide bonds. The van der Waals surface area contributed by atoms with Gasteiger partial charge in [0.05, 0.1) is 41.2 Å². The van der Waals surface area contributed by atoms with Gasteiger partial charge >= 0.3 is 17.9 Å². The number of ether oxygens (including phenoxy) is 3. The Hall–Kier alpha value is -5.37. The van der Waals surface area contributed by atoms with Crippen molar-refractivity contribution >= 4 is 34.8 Å². The normalized spacial score (nSPS) is 12.1. The van der Waals surface area contributed by atoms with Crippen LogP contribution in [-0.2, 0) is 25.5 Å². The third kappa shape index (κ3) is 6.67. The van der Waals surface area contributed by atoms with E-state index in [1.807, 2.05) is 30.3 Å². The van der Waals surface area contributed by atoms with Crippen LogP contribution < -0.4 is 10.1 Å². The van der Waals surface area contributed by atoms with Crippen molar-refractivity contribution in [2.45, 2.75) is 39.7 Å². The highest BCUT2D eigenvalue weighted by Gasteiger charge is 2.34. The zero-order valence-electron chi connectivity index (χ0n) is 23.4. The fourth-order valence-corrected chi connectivity index (χ4v) is 4.22. The molecule has 0 aliphatic heterocycles. The summed E-state index contributed by atoms with van der Waals surface area (Å²) in [5, 5.41) is 27.3. The number of carboxylic acids is 1. The molecule has 2 unspecified atom stereocenters. The molecule has 0 aliphatic carbocycles.